The van der Waals surface area contributed by atoms with Crippen molar-refractivity contribution in [3.8, 4) is 0 Å². The summed E-state index contributed by atoms with van der Waals surface area (Å²) in [5.74, 6) is 1.54. The van der Waals surface area contributed by atoms with Gasteiger partial charge in [-0.3, -0.25) is 9.59 Å². The summed E-state index contributed by atoms with van der Waals surface area (Å²) in [7, 11) is 0. The van der Waals surface area contributed by atoms with E-state index in [0.29, 0.717) is 24.3 Å². The summed E-state index contributed by atoms with van der Waals surface area (Å²) in [6.07, 6.45) is 7.95. The lowest BCUT2D eigenvalue weighted by atomic mass is 9.88. The Balaban J connectivity index is 1.01. The molecule has 0 radical (unpaired) electrons. The van der Waals surface area contributed by atoms with Crippen LogP contribution in [0.15, 0.2) is 60.7 Å². The van der Waals surface area contributed by atoms with E-state index in [2.05, 4.69) is 40.1 Å². The normalized spacial score (nSPS) is 21.0. The lowest BCUT2D eigenvalue weighted by Gasteiger charge is -2.42. The summed E-state index contributed by atoms with van der Waals surface area (Å²) in [5, 5.41) is 0. The van der Waals surface area contributed by atoms with Crippen LogP contribution in [0.2, 0.25) is 0 Å². The molecule has 3 aliphatic heterocycles. The number of hydrogen-bond acceptors (Lipinski definition) is 3. The second-order valence-corrected chi connectivity index (χ2v) is 11.0. The molecule has 3 heterocycles. The number of rotatable bonds is 6. The van der Waals surface area contributed by atoms with E-state index < -0.39 is 0 Å². The lowest BCUT2D eigenvalue weighted by molar-refractivity contribution is -0.139. The molecule has 3 aliphatic rings. The molecule has 5 rings (SSSR count). The molecule has 36 heavy (non-hydrogen) atoms. The van der Waals surface area contributed by atoms with Crippen molar-refractivity contribution in [2.24, 2.45) is 11.8 Å². The van der Waals surface area contributed by atoms with Crippen molar-refractivity contribution in [3.05, 3.63) is 71.8 Å². The van der Waals surface area contributed by atoms with Gasteiger partial charge in [-0.25, -0.2) is 0 Å². The van der Waals surface area contributed by atoms with Gasteiger partial charge in [0, 0.05) is 38.1 Å². The van der Waals surface area contributed by atoms with Crippen molar-refractivity contribution < 1.29 is 9.59 Å². The maximum absolute atomic E-state index is 13.2. The van der Waals surface area contributed by atoms with Crippen LogP contribution in [0.25, 0.3) is 0 Å². The van der Waals surface area contributed by atoms with Gasteiger partial charge in [-0.15, -0.1) is 0 Å². The zero-order valence-electron chi connectivity index (χ0n) is 21.6. The van der Waals surface area contributed by atoms with Gasteiger partial charge in [0.15, 0.2) is 0 Å². The van der Waals surface area contributed by atoms with E-state index in [0.717, 1.165) is 89.8 Å². The molecule has 0 unspecified atom stereocenters. The first-order chi connectivity index (χ1) is 17.7. The largest absolute Gasteiger partial charge is 0.342 e. The summed E-state index contributed by atoms with van der Waals surface area (Å²) in [5.41, 5.74) is 2.51. The summed E-state index contributed by atoms with van der Waals surface area (Å²) in [6.45, 7) is 5.59. The molecule has 0 bridgehead atoms. The van der Waals surface area contributed by atoms with Crippen molar-refractivity contribution in [3.63, 3.8) is 0 Å². The van der Waals surface area contributed by atoms with Crippen LogP contribution in [-0.4, -0.2) is 71.8 Å². The molecule has 3 fully saturated rings. The van der Waals surface area contributed by atoms with Gasteiger partial charge in [0.25, 0.3) is 0 Å². The Morgan fingerprint density at radius 1 is 0.639 bits per heavy atom. The van der Waals surface area contributed by atoms with Crippen molar-refractivity contribution >= 4 is 11.8 Å². The average Bonchev–Trinajstić information content (AvgIpc) is 2.94. The van der Waals surface area contributed by atoms with Gasteiger partial charge in [0.2, 0.25) is 11.8 Å². The molecule has 0 N–H and O–H groups in total. The van der Waals surface area contributed by atoms with Crippen molar-refractivity contribution in [1.29, 1.82) is 0 Å². The number of carbonyl (C=O) groups excluding carboxylic acids is 2. The van der Waals surface area contributed by atoms with Gasteiger partial charge in [-0.1, -0.05) is 60.7 Å². The van der Waals surface area contributed by atoms with Crippen LogP contribution in [0.4, 0.5) is 0 Å². The van der Waals surface area contributed by atoms with Gasteiger partial charge in [-0.05, 0) is 75.1 Å². The van der Waals surface area contributed by atoms with Crippen LogP contribution in [0.3, 0.4) is 0 Å². The molecular weight excluding hydrogens is 446 g/mol. The van der Waals surface area contributed by atoms with Crippen molar-refractivity contribution in [1.82, 2.24) is 14.7 Å². The average molecular weight is 488 g/mol. The molecule has 0 atom stereocenters. The summed E-state index contributed by atoms with van der Waals surface area (Å²) in [6, 6.07) is 21.4. The third-order valence-corrected chi connectivity index (χ3v) is 8.70. The third kappa shape index (κ3) is 6.36. The predicted molar refractivity (Wildman–Crippen MR) is 143 cm³/mol. The van der Waals surface area contributed by atoms with Gasteiger partial charge >= 0.3 is 0 Å². The number of amides is 2. The van der Waals surface area contributed by atoms with Gasteiger partial charge in [0.1, 0.15) is 0 Å². The van der Waals surface area contributed by atoms with Gasteiger partial charge < -0.3 is 14.7 Å². The first kappa shape index (κ1) is 25.0. The molecule has 192 valence electrons. The fourth-order valence-corrected chi connectivity index (χ4v) is 6.44. The van der Waals surface area contributed by atoms with E-state index in [1.54, 1.807) is 0 Å². The minimum Gasteiger partial charge on any atom is -0.342 e. The minimum atomic E-state index is 0.194. The van der Waals surface area contributed by atoms with Gasteiger partial charge in [0.05, 0.1) is 6.42 Å². The predicted octanol–water partition coefficient (Wildman–Crippen LogP) is 4.41. The molecule has 0 aliphatic carbocycles. The van der Waals surface area contributed by atoms with Crippen molar-refractivity contribution in [2.75, 3.05) is 39.3 Å². The zero-order chi connectivity index (χ0) is 24.7. The van der Waals surface area contributed by atoms with Crippen LogP contribution in [0.5, 0.6) is 0 Å². The SMILES string of the molecule is O=C(Cc1ccccc1)N1CCC(N2CCC(C(=O)N3CCC(Cc4ccccc4)CC3)CC2)CC1. The summed E-state index contributed by atoms with van der Waals surface area (Å²) < 4.78 is 0. The molecule has 2 aromatic rings. The highest BCUT2D eigenvalue weighted by Crippen LogP contribution is 2.28. The Hall–Kier alpha value is -2.66. The van der Waals surface area contributed by atoms with Crippen molar-refractivity contribution in [2.45, 2.75) is 57.4 Å². The smallest absolute Gasteiger partial charge is 0.226 e. The Labute approximate surface area is 216 Å². The van der Waals surface area contributed by atoms with Crippen LogP contribution in [0, 0.1) is 11.8 Å². The lowest BCUT2D eigenvalue weighted by Crippen LogP contribution is -2.51. The second kappa shape index (κ2) is 12.1. The Morgan fingerprint density at radius 3 is 1.81 bits per heavy atom. The zero-order valence-corrected chi connectivity index (χ0v) is 21.6. The quantitative estimate of drug-likeness (QED) is 0.606. The highest BCUT2D eigenvalue weighted by molar-refractivity contribution is 5.79. The molecule has 0 spiro atoms. The number of likely N-dealkylation sites (tertiary alicyclic amines) is 3. The van der Waals surface area contributed by atoms with Crippen LogP contribution in [-0.2, 0) is 22.4 Å². The Morgan fingerprint density at radius 2 is 1.19 bits per heavy atom. The van der Waals surface area contributed by atoms with Gasteiger partial charge in [-0.2, -0.15) is 0 Å². The van der Waals surface area contributed by atoms with E-state index in [-0.39, 0.29) is 11.8 Å². The van der Waals surface area contributed by atoms with E-state index in [1.807, 2.05) is 35.2 Å². The maximum Gasteiger partial charge on any atom is 0.226 e. The third-order valence-electron chi connectivity index (χ3n) is 8.70. The molecule has 2 amide bonds. The molecule has 5 nitrogen and oxygen atoms in total. The van der Waals surface area contributed by atoms with Crippen LogP contribution >= 0.6 is 0 Å². The number of nitrogens with zero attached hydrogens (tertiary/aromatic N) is 3. The first-order valence-corrected chi connectivity index (χ1v) is 14.0. The molecule has 2 aromatic carbocycles. The maximum atomic E-state index is 13.2. The number of benzene rings is 2. The second-order valence-electron chi connectivity index (χ2n) is 11.0. The fraction of sp³-hybridized carbons (Fsp3) is 0.548. The van der Waals surface area contributed by atoms with Crippen LogP contribution in [0.1, 0.15) is 49.7 Å². The van der Waals surface area contributed by atoms with E-state index in [4.69, 9.17) is 0 Å². The molecular formula is C31H41N3O2. The minimum absolute atomic E-state index is 0.194. The highest BCUT2D eigenvalue weighted by atomic mass is 16.2. The molecule has 0 saturated carbocycles. The monoisotopic (exact) mass is 487 g/mol. The van der Waals surface area contributed by atoms with E-state index in [9.17, 15) is 9.59 Å². The number of piperidine rings is 3. The number of carbonyl (C=O) groups is 2. The standard InChI is InChI=1S/C31H41N3O2/c35-30(24-26-9-5-2-6-10-26)33-21-15-29(16-22-33)32-19-13-28(14-20-32)31(36)34-17-11-27(12-18-34)23-25-7-3-1-4-8-25/h1-10,27-29H,11-24H2. The molecule has 0 aromatic heterocycles. The first-order valence-electron chi connectivity index (χ1n) is 14.0. The Kier molecular flexibility index (Phi) is 8.37. The Bertz CT molecular complexity index is 971. The fourth-order valence-electron chi connectivity index (χ4n) is 6.44. The summed E-state index contributed by atoms with van der Waals surface area (Å²) >= 11 is 0. The van der Waals surface area contributed by atoms with E-state index >= 15 is 0 Å². The summed E-state index contributed by atoms with van der Waals surface area (Å²) in [4.78, 5) is 32.7. The number of hydrogen-bond donors (Lipinski definition) is 0. The molecule has 5 heteroatoms. The molecule has 3 saturated heterocycles. The highest BCUT2D eigenvalue weighted by Gasteiger charge is 2.34. The topological polar surface area (TPSA) is 43.9 Å². The van der Waals surface area contributed by atoms with E-state index in [1.165, 1.54) is 5.56 Å². The van der Waals surface area contributed by atoms with Crippen LogP contribution < -0.4 is 0 Å².